The zero-order valence-electron chi connectivity index (χ0n) is 7.52. The molecule has 0 radical (unpaired) electrons. The van der Waals surface area contributed by atoms with Gasteiger partial charge in [0.25, 0.3) is 0 Å². The van der Waals surface area contributed by atoms with Crippen molar-refractivity contribution in [2.45, 2.75) is 32.0 Å². The Hall–Kier alpha value is -0.340. The SMILES string of the molecule is C=CC1(C)OCCOC1(C)C. The normalized spacial score (nSPS) is 36.6. The molecule has 1 aliphatic rings. The summed E-state index contributed by atoms with van der Waals surface area (Å²) in [4.78, 5) is 0. The average Bonchev–Trinajstić information content (AvgIpc) is 1.95. The maximum atomic E-state index is 5.59. The minimum Gasteiger partial charge on any atom is -0.370 e. The van der Waals surface area contributed by atoms with Gasteiger partial charge in [0.05, 0.1) is 18.8 Å². The van der Waals surface area contributed by atoms with Crippen molar-refractivity contribution in [1.29, 1.82) is 0 Å². The van der Waals surface area contributed by atoms with Gasteiger partial charge in [-0.1, -0.05) is 6.08 Å². The predicted octanol–water partition coefficient (Wildman–Crippen LogP) is 1.76. The molecule has 64 valence electrons. The van der Waals surface area contributed by atoms with Crippen molar-refractivity contribution in [2.75, 3.05) is 13.2 Å². The molecule has 0 aromatic heterocycles. The van der Waals surface area contributed by atoms with E-state index in [1.54, 1.807) is 0 Å². The molecule has 0 amide bonds. The van der Waals surface area contributed by atoms with Gasteiger partial charge in [0, 0.05) is 0 Å². The third-order valence-corrected chi connectivity index (χ3v) is 2.53. The van der Waals surface area contributed by atoms with E-state index in [4.69, 9.17) is 9.47 Å². The molecule has 0 saturated carbocycles. The van der Waals surface area contributed by atoms with E-state index in [1.807, 2.05) is 26.8 Å². The summed E-state index contributed by atoms with van der Waals surface area (Å²) < 4.78 is 11.2. The van der Waals surface area contributed by atoms with Crippen molar-refractivity contribution in [3.63, 3.8) is 0 Å². The Morgan fingerprint density at radius 2 is 1.73 bits per heavy atom. The molecule has 1 unspecified atom stereocenters. The largest absolute Gasteiger partial charge is 0.370 e. The first kappa shape index (κ1) is 8.75. The van der Waals surface area contributed by atoms with E-state index >= 15 is 0 Å². The van der Waals surface area contributed by atoms with Gasteiger partial charge in [-0.3, -0.25) is 0 Å². The molecule has 1 aliphatic heterocycles. The van der Waals surface area contributed by atoms with E-state index in [0.29, 0.717) is 13.2 Å². The van der Waals surface area contributed by atoms with E-state index in [-0.39, 0.29) is 11.2 Å². The maximum absolute atomic E-state index is 5.59. The molecule has 0 bridgehead atoms. The molecule has 1 atom stereocenters. The summed E-state index contributed by atoms with van der Waals surface area (Å²) >= 11 is 0. The zero-order valence-corrected chi connectivity index (χ0v) is 7.52. The number of ether oxygens (including phenoxy) is 2. The van der Waals surface area contributed by atoms with Gasteiger partial charge in [0.1, 0.15) is 5.60 Å². The summed E-state index contributed by atoms with van der Waals surface area (Å²) in [6.45, 7) is 11.1. The smallest absolute Gasteiger partial charge is 0.112 e. The fourth-order valence-corrected chi connectivity index (χ4v) is 1.17. The summed E-state index contributed by atoms with van der Waals surface area (Å²) in [5.74, 6) is 0. The predicted molar refractivity (Wildman–Crippen MR) is 44.6 cm³/mol. The lowest BCUT2D eigenvalue weighted by Crippen LogP contribution is -2.54. The van der Waals surface area contributed by atoms with Gasteiger partial charge in [0.15, 0.2) is 0 Å². The molecular formula is C9H16O2. The fourth-order valence-electron chi connectivity index (χ4n) is 1.17. The van der Waals surface area contributed by atoms with Crippen LogP contribution < -0.4 is 0 Å². The number of rotatable bonds is 1. The maximum Gasteiger partial charge on any atom is 0.112 e. The van der Waals surface area contributed by atoms with E-state index in [1.165, 1.54) is 0 Å². The molecule has 2 heteroatoms. The molecule has 1 heterocycles. The quantitative estimate of drug-likeness (QED) is 0.538. The topological polar surface area (TPSA) is 18.5 Å². The van der Waals surface area contributed by atoms with Crippen molar-refractivity contribution in [1.82, 2.24) is 0 Å². The van der Waals surface area contributed by atoms with Crippen LogP contribution in [0.15, 0.2) is 12.7 Å². The first-order chi connectivity index (χ1) is 5.02. The second-order valence-corrected chi connectivity index (χ2v) is 3.52. The zero-order chi connectivity index (χ0) is 8.54. The van der Waals surface area contributed by atoms with Gasteiger partial charge >= 0.3 is 0 Å². The second kappa shape index (κ2) is 2.61. The standard InChI is InChI=1S/C9H16O2/c1-5-9(4)8(2,3)10-6-7-11-9/h5H,1,6-7H2,2-4H3. The molecule has 1 rings (SSSR count). The summed E-state index contributed by atoms with van der Waals surface area (Å²) in [5.41, 5.74) is -0.599. The Balaban J connectivity index is 2.82. The molecule has 11 heavy (non-hydrogen) atoms. The Bertz CT molecular complexity index is 163. The van der Waals surface area contributed by atoms with Gasteiger partial charge in [-0.2, -0.15) is 0 Å². The van der Waals surface area contributed by atoms with Gasteiger partial charge < -0.3 is 9.47 Å². The van der Waals surface area contributed by atoms with Crippen LogP contribution in [0.1, 0.15) is 20.8 Å². The second-order valence-electron chi connectivity index (χ2n) is 3.52. The highest BCUT2D eigenvalue weighted by Crippen LogP contribution is 2.33. The van der Waals surface area contributed by atoms with Crippen LogP contribution in [0.2, 0.25) is 0 Å². The molecule has 0 N–H and O–H groups in total. The fraction of sp³-hybridized carbons (Fsp3) is 0.778. The van der Waals surface area contributed by atoms with Crippen LogP contribution in [-0.2, 0) is 9.47 Å². The monoisotopic (exact) mass is 156 g/mol. The van der Waals surface area contributed by atoms with Crippen LogP contribution in [0.4, 0.5) is 0 Å². The minimum absolute atomic E-state index is 0.257. The minimum atomic E-state index is -0.342. The van der Waals surface area contributed by atoms with Crippen molar-refractivity contribution < 1.29 is 9.47 Å². The van der Waals surface area contributed by atoms with Crippen LogP contribution >= 0.6 is 0 Å². The van der Waals surface area contributed by atoms with Crippen LogP contribution in [0.25, 0.3) is 0 Å². The summed E-state index contributed by atoms with van der Waals surface area (Å²) in [6.07, 6.45) is 1.81. The summed E-state index contributed by atoms with van der Waals surface area (Å²) in [6, 6.07) is 0. The molecule has 0 aromatic rings. The van der Waals surface area contributed by atoms with Crippen molar-refractivity contribution in [3.8, 4) is 0 Å². The third-order valence-electron chi connectivity index (χ3n) is 2.53. The number of hydrogen-bond acceptors (Lipinski definition) is 2. The van der Waals surface area contributed by atoms with Crippen molar-refractivity contribution in [3.05, 3.63) is 12.7 Å². The van der Waals surface area contributed by atoms with E-state index in [0.717, 1.165) is 0 Å². The number of hydrogen-bond donors (Lipinski definition) is 0. The molecule has 2 nitrogen and oxygen atoms in total. The van der Waals surface area contributed by atoms with Crippen LogP contribution in [-0.4, -0.2) is 24.4 Å². The highest BCUT2D eigenvalue weighted by molar-refractivity contribution is 5.06. The Labute approximate surface area is 68.2 Å². The Morgan fingerprint density at radius 3 is 2.09 bits per heavy atom. The van der Waals surface area contributed by atoms with Gasteiger partial charge in [0.2, 0.25) is 0 Å². The molecule has 0 aromatic carbocycles. The summed E-state index contributed by atoms with van der Waals surface area (Å²) in [7, 11) is 0. The van der Waals surface area contributed by atoms with Crippen LogP contribution in [0, 0.1) is 0 Å². The highest BCUT2D eigenvalue weighted by Gasteiger charge is 2.43. The lowest BCUT2D eigenvalue weighted by Gasteiger charge is -2.45. The lowest BCUT2D eigenvalue weighted by molar-refractivity contribution is -0.217. The first-order valence-corrected chi connectivity index (χ1v) is 3.93. The first-order valence-electron chi connectivity index (χ1n) is 3.93. The molecule has 0 spiro atoms. The Kier molecular flexibility index (Phi) is 2.08. The molecule has 1 fully saturated rings. The van der Waals surface area contributed by atoms with E-state index in [2.05, 4.69) is 6.58 Å². The molecule has 1 saturated heterocycles. The van der Waals surface area contributed by atoms with Crippen molar-refractivity contribution >= 4 is 0 Å². The summed E-state index contributed by atoms with van der Waals surface area (Å²) in [5, 5.41) is 0. The van der Waals surface area contributed by atoms with Gasteiger partial charge in [-0.25, -0.2) is 0 Å². The molecule has 0 aliphatic carbocycles. The third kappa shape index (κ3) is 1.33. The van der Waals surface area contributed by atoms with Gasteiger partial charge in [-0.15, -0.1) is 6.58 Å². The Morgan fingerprint density at radius 1 is 1.18 bits per heavy atom. The lowest BCUT2D eigenvalue weighted by atomic mass is 9.86. The van der Waals surface area contributed by atoms with Gasteiger partial charge in [-0.05, 0) is 20.8 Å². The van der Waals surface area contributed by atoms with Crippen LogP contribution in [0.5, 0.6) is 0 Å². The molecular weight excluding hydrogens is 140 g/mol. The van der Waals surface area contributed by atoms with Crippen molar-refractivity contribution in [2.24, 2.45) is 0 Å². The van der Waals surface area contributed by atoms with Crippen LogP contribution in [0.3, 0.4) is 0 Å². The average molecular weight is 156 g/mol. The highest BCUT2D eigenvalue weighted by atomic mass is 16.6. The van der Waals surface area contributed by atoms with E-state index in [9.17, 15) is 0 Å². The van der Waals surface area contributed by atoms with E-state index < -0.39 is 0 Å².